The molecule has 0 aliphatic rings. The summed E-state index contributed by atoms with van der Waals surface area (Å²) in [4.78, 5) is 29.8. The van der Waals surface area contributed by atoms with Crippen LogP contribution in [0.3, 0.4) is 0 Å². The fraction of sp³-hybridized carbons (Fsp3) is 0.286. The maximum absolute atomic E-state index is 13.2. The second-order valence-corrected chi connectivity index (χ2v) is 6.72. The molecule has 8 heteroatoms. The molecule has 0 saturated heterocycles. The first-order chi connectivity index (χ1) is 14.0. The minimum absolute atomic E-state index is 0.157. The molecule has 0 fully saturated rings. The van der Waals surface area contributed by atoms with E-state index in [0.717, 1.165) is 27.0 Å². The maximum Gasteiger partial charge on any atom is 0.355 e. The summed E-state index contributed by atoms with van der Waals surface area (Å²) in [5, 5.41) is 2.97. The van der Waals surface area contributed by atoms with Gasteiger partial charge in [0.25, 0.3) is 0 Å². The van der Waals surface area contributed by atoms with Crippen molar-refractivity contribution in [2.24, 2.45) is 5.73 Å². The highest BCUT2D eigenvalue weighted by Gasteiger charge is 2.14. The maximum atomic E-state index is 13.2. The fourth-order valence-electron chi connectivity index (χ4n) is 2.92. The molecule has 1 aromatic heterocycles. The van der Waals surface area contributed by atoms with Crippen LogP contribution in [0.4, 0.5) is 5.95 Å². The van der Waals surface area contributed by atoms with Crippen molar-refractivity contribution < 1.29 is 4.74 Å². The molecule has 3 N–H and O–H groups in total. The summed E-state index contributed by atoms with van der Waals surface area (Å²) in [6.07, 6.45) is 0. The van der Waals surface area contributed by atoms with E-state index in [-0.39, 0.29) is 19.0 Å². The zero-order valence-corrected chi connectivity index (χ0v) is 16.6. The highest BCUT2D eigenvalue weighted by Crippen LogP contribution is 2.13. The first-order valence-corrected chi connectivity index (χ1v) is 9.36. The number of methoxy groups -OCH3 is 1. The normalized spacial score (nSPS) is 10.7. The standard InChI is InChI=1S/C21H25N5O3/c1-15-3-5-16(6-4-15)14-26-20(27)24-19(23-12-11-22)25(21(26)28)13-17-7-9-18(29-2)10-8-17/h3-10H,11-14,22H2,1-2H3,(H,23,24,27). The third-order valence-electron chi connectivity index (χ3n) is 4.54. The Morgan fingerprint density at radius 1 is 0.966 bits per heavy atom. The van der Waals surface area contributed by atoms with E-state index in [9.17, 15) is 9.59 Å². The van der Waals surface area contributed by atoms with Gasteiger partial charge in [-0.15, -0.1) is 0 Å². The van der Waals surface area contributed by atoms with Crippen molar-refractivity contribution in [1.82, 2.24) is 14.1 Å². The van der Waals surface area contributed by atoms with E-state index in [1.807, 2.05) is 55.5 Å². The van der Waals surface area contributed by atoms with Gasteiger partial charge in [0.1, 0.15) is 5.75 Å². The van der Waals surface area contributed by atoms with Crippen LogP contribution in [0.1, 0.15) is 16.7 Å². The first kappa shape index (κ1) is 20.3. The number of anilines is 1. The molecule has 0 atom stereocenters. The van der Waals surface area contributed by atoms with Crippen molar-refractivity contribution in [3.63, 3.8) is 0 Å². The van der Waals surface area contributed by atoms with Crippen LogP contribution in [0.5, 0.6) is 5.75 Å². The van der Waals surface area contributed by atoms with Gasteiger partial charge in [0.15, 0.2) is 0 Å². The van der Waals surface area contributed by atoms with Gasteiger partial charge in [0, 0.05) is 13.1 Å². The number of nitrogens with two attached hydrogens (primary N) is 1. The summed E-state index contributed by atoms with van der Waals surface area (Å²) in [7, 11) is 1.60. The van der Waals surface area contributed by atoms with Crippen molar-refractivity contribution in [3.05, 3.63) is 86.2 Å². The van der Waals surface area contributed by atoms with E-state index in [0.29, 0.717) is 13.1 Å². The van der Waals surface area contributed by atoms with Gasteiger partial charge in [-0.05, 0) is 30.2 Å². The monoisotopic (exact) mass is 395 g/mol. The van der Waals surface area contributed by atoms with E-state index >= 15 is 0 Å². The average Bonchev–Trinajstić information content (AvgIpc) is 2.73. The third-order valence-corrected chi connectivity index (χ3v) is 4.54. The van der Waals surface area contributed by atoms with Crippen molar-refractivity contribution in [2.75, 3.05) is 25.5 Å². The van der Waals surface area contributed by atoms with Crippen molar-refractivity contribution in [3.8, 4) is 5.75 Å². The summed E-state index contributed by atoms with van der Waals surface area (Å²) in [5.74, 6) is 0.937. The molecule has 0 saturated carbocycles. The lowest BCUT2D eigenvalue weighted by Gasteiger charge is -2.15. The average molecular weight is 395 g/mol. The SMILES string of the molecule is COc1ccc(Cn2c(NCCN)nc(=O)n(Cc3ccc(C)cc3)c2=O)cc1. The molecule has 0 aliphatic carbocycles. The minimum Gasteiger partial charge on any atom is -0.497 e. The second-order valence-electron chi connectivity index (χ2n) is 6.72. The van der Waals surface area contributed by atoms with Crippen molar-refractivity contribution >= 4 is 5.95 Å². The van der Waals surface area contributed by atoms with Gasteiger partial charge in [0.05, 0.1) is 20.2 Å². The van der Waals surface area contributed by atoms with Gasteiger partial charge in [-0.1, -0.05) is 42.0 Å². The number of nitrogens with zero attached hydrogens (tertiary/aromatic N) is 3. The van der Waals surface area contributed by atoms with Crippen LogP contribution in [0.2, 0.25) is 0 Å². The second kappa shape index (κ2) is 9.20. The summed E-state index contributed by atoms with van der Waals surface area (Å²) < 4.78 is 7.77. The molecule has 3 aromatic rings. The van der Waals surface area contributed by atoms with E-state index in [1.165, 1.54) is 4.57 Å². The molecule has 0 bridgehead atoms. The van der Waals surface area contributed by atoms with Gasteiger partial charge in [-0.3, -0.25) is 4.57 Å². The molecular weight excluding hydrogens is 370 g/mol. The lowest BCUT2D eigenvalue weighted by Crippen LogP contribution is -2.43. The number of aryl methyl sites for hydroxylation is 1. The number of rotatable bonds is 8. The van der Waals surface area contributed by atoms with Crippen LogP contribution < -0.4 is 27.2 Å². The van der Waals surface area contributed by atoms with E-state index in [2.05, 4.69) is 10.3 Å². The third kappa shape index (κ3) is 4.91. The minimum atomic E-state index is -0.596. The quantitative estimate of drug-likeness (QED) is 0.594. The van der Waals surface area contributed by atoms with Crippen LogP contribution in [-0.2, 0) is 13.1 Å². The zero-order chi connectivity index (χ0) is 20.8. The number of hydrogen-bond acceptors (Lipinski definition) is 6. The molecule has 0 aliphatic heterocycles. The van der Waals surface area contributed by atoms with Crippen LogP contribution in [0, 0.1) is 6.92 Å². The summed E-state index contributed by atoms with van der Waals surface area (Å²) >= 11 is 0. The van der Waals surface area contributed by atoms with Crippen LogP contribution in [-0.4, -0.2) is 34.3 Å². The Bertz CT molecular complexity index is 1070. The molecule has 2 aromatic carbocycles. The lowest BCUT2D eigenvalue weighted by molar-refractivity contribution is 0.414. The van der Waals surface area contributed by atoms with Crippen molar-refractivity contribution in [1.29, 1.82) is 0 Å². The largest absolute Gasteiger partial charge is 0.497 e. The number of hydrogen-bond donors (Lipinski definition) is 2. The van der Waals surface area contributed by atoms with E-state index < -0.39 is 11.4 Å². The van der Waals surface area contributed by atoms with Crippen molar-refractivity contribution in [2.45, 2.75) is 20.0 Å². The van der Waals surface area contributed by atoms with Crippen LogP contribution in [0.15, 0.2) is 58.1 Å². The molecule has 152 valence electrons. The van der Waals surface area contributed by atoms with E-state index in [4.69, 9.17) is 10.5 Å². The Morgan fingerprint density at radius 3 is 2.14 bits per heavy atom. The van der Waals surface area contributed by atoms with Gasteiger partial charge < -0.3 is 15.8 Å². The topological polar surface area (TPSA) is 104 Å². The number of aromatic nitrogens is 3. The summed E-state index contributed by atoms with van der Waals surface area (Å²) in [5.41, 5.74) is 7.38. The van der Waals surface area contributed by atoms with Crippen LogP contribution >= 0.6 is 0 Å². The molecule has 29 heavy (non-hydrogen) atoms. The number of ether oxygens (including phenoxy) is 1. The Hall–Kier alpha value is -3.39. The molecule has 1 heterocycles. The lowest BCUT2D eigenvalue weighted by atomic mass is 10.1. The Labute approximate surface area is 168 Å². The predicted octanol–water partition coefficient (Wildman–Crippen LogP) is 1.19. The molecule has 8 nitrogen and oxygen atoms in total. The number of nitrogens with one attached hydrogen (secondary N) is 1. The molecule has 0 amide bonds. The highest BCUT2D eigenvalue weighted by atomic mass is 16.5. The van der Waals surface area contributed by atoms with Gasteiger partial charge >= 0.3 is 11.4 Å². The van der Waals surface area contributed by atoms with Crippen LogP contribution in [0.25, 0.3) is 0 Å². The molecule has 0 radical (unpaired) electrons. The predicted molar refractivity (Wildman–Crippen MR) is 113 cm³/mol. The first-order valence-electron chi connectivity index (χ1n) is 9.36. The summed E-state index contributed by atoms with van der Waals surface area (Å²) in [6.45, 7) is 3.15. The molecule has 0 spiro atoms. The van der Waals surface area contributed by atoms with E-state index in [1.54, 1.807) is 7.11 Å². The molecular formula is C21H25N5O3. The molecule has 3 rings (SSSR count). The Balaban J connectivity index is 2.01. The fourth-order valence-corrected chi connectivity index (χ4v) is 2.92. The van der Waals surface area contributed by atoms with Gasteiger partial charge in [0.2, 0.25) is 5.95 Å². The summed E-state index contributed by atoms with van der Waals surface area (Å²) in [6, 6.07) is 15.1. The zero-order valence-electron chi connectivity index (χ0n) is 16.6. The smallest absolute Gasteiger partial charge is 0.355 e. The number of benzene rings is 2. The Kier molecular flexibility index (Phi) is 6.46. The van der Waals surface area contributed by atoms with Gasteiger partial charge in [-0.2, -0.15) is 4.98 Å². The Morgan fingerprint density at radius 2 is 1.55 bits per heavy atom. The molecule has 0 unspecified atom stereocenters. The highest BCUT2D eigenvalue weighted by molar-refractivity contribution is 5.30. The van der Waals surface area contributed by atoms with Gasteiger partial charge in [-0.25, -0.2) is 14.2 Å².